The SMILES string of the molecule is CN(C(=O)Cc1cccc(-c2ncc[nH]2)c1)c1cccc(CCc2ccccc2)c1. The van der Waals surface area contributed by atoms with E-state index < -0.39 is 0 Å². The summed E-state index contributed by atoms with van der Waals surface area (Å²) in [5.41, 5.74) is 5.43. The topological polar surface area (TPSA) is 49.0 Å². The van der Waals surface area contributed by atoms with Gasteiger partial charge in [-0.05, 0) is 47.7 Å². The van der Waals surface area contributed by atoms with E-state index in [0.717, 1.165) is 35.5 Å². The summed E-state index contributed by atoms with van der Waals surface area (Å²) in [4.78, 5) is 22.0. The number of likely N-dealkylation sites (N-methyl/N-ethyl adjacent to an activating group) is 1. The lowest BCUT2D eigenvalue weighted by Crippen LogP contribution is -2.27. The smallest absolute Gasteiger partial charge is 0.231 e. The van der Waals surface area contributed by atoms with E-state index in [1.54, 1.807) is 17.3 Å². The summed E-state index contributed by atoms with van der Waals surface area (Å²) in [6.07, 6.45) is 5.81. The van der Waals surface area contributed by atoms with E-state index in [0.29, 0.717) is 6.42 Å². The Labute approximate surface area is 177 Å². The number of H-pyrrole nitrogens is 1. The zero-order valence-electron chi connectivity index (χ0n) is 17.1. The molecule has 1 aromatic heterocycles. The van der Waals surface area contributed by atoms with Crippen molar-refractivity contribution < 1.29 is 4.79 Å². The van der Waals surface area contributed by atoms with E-state index in [1.807, 2.05) is 49.5 Å². The molecule has 0 spiro atoms. The molecule has 0 aliphatic carbocycles. The summed E-state index contributed by atoms with van der Waals surface area (Å²) in [5.74, 6) is 0.871. The number of anilines is 1. The minimum Gasteiger partial charge on any atom is -0.345 e. The molecule has 0 fully saturated rings. The number of aryl methyl sites for hydroxylation is 2. The molecule has 0 aliphatic rings. The molecule has 150 valence electrons. The highest BCUT2D eigenvalue weighted by molar-refractivity contribution is 5.94. The van der Waals surface area contributed by atoms with Crippen molar-refractivity contribution in [3.8, 4) is 11.4 Å². The number of aromatic nitrogens is 2. The monoisotopic (exact) mass is 395 g/mol. The number of nitrogens with zero attached hydrogens (tertiary/aromatic N) is 2. The quantitative estimate of drug-likeness (QED) is 0.475. The second-order valence-electron chi connectivity index (χ2n) is 7.42. The highest BCUT2D eigenvalue weighted by Gasteiger charge is 2.13. The van der Waals surface area contributed by atoms with Gasteiger partial charge in [0.25, 0.3) is 0 Å². The number of carbonyl (C=O) groups is 1. The molecular weight excluding hydrogens is 370 g/mol. The van der Waals surface area contributed by atoms with Crippen molar-refractivity contribution >= 4 is 11.6 Å². The molecule has 0 aliphatic heterocycles. The lowest BCUT2D eigenvalue weighted by molar-refractivity contribution is -0.117. The van der Waals surface area contributed by atoms with Gasteiger partial charge in [0.2, 0.25) is 5.91 Å². The van der Waals surface area contributed by atoms with Crippen molar-refractivity contribution in [2.45, 2.75) is 19.3 Å². The average molecular weight is 396 g/mol. The summed E-state index contributed by atoms with van der Waals surface area (Å²) in [6, 6.07) is 26.7. The van der Waals surface area contributed by atoms with Crippen LogP contribution in [0.1, 0.15) is 16.7 Å². The molecule has 0 saturated heterocycles. The number of hydrogen-bond acceptors (Lipinski definition) is 2. The van der Waals surface area contributed by atoms with Gasteiger partial charge in [-0.2, -0.15) is 0 Å². The van der Waals surface area contributed by atoms with Crippen LogP contribution in [-0.2, 0) is 24.1 Å². The molecule has 1 N–H and O–H groups in total. The third-order valence-corrected chi connectivity index (χ3v) is 5.27. The van der Waals surface area contributed by atoms with Crippen LogP contribution in [0.4, 0.5) is 5.69 Å². The Kier molecular flexibility index (Phi) is 6.04. The number of hydrogen-bond donors (Lipinski definition) is 1. The Hall–Kier alpha value is -3.66. The molecule has 0 saturated carbocycles. The van der Waals surface area contributed by atoms with Gasteiger partial charge in [-0.3, -0.25) is 4.79 Å². The molecular formula is C26H25N3O. The summed E-state index contributed by atoms with van der Waals surface area (Å²) >= 11 is 0. The van der Waals surface area contributed by atoms with Gasteiger partial charge in [-0.15, -0.1) is 0 Å². The third kappa shape index (κ3) is 4.84. The van der Waals surface area contributed by atoms with Crippen LogP contribution in [0.5, 0.6) is 0 Å². The first kappa shape index (κ1) is 19.6. The Balaban J connectivity index is 1.42. The van der Waals surface area contributed by atoms with E-state index in [4.69, 9.17) is 0 Å². The van der Waals surface area contributed by atoms with Crippen molar-refractivity contribution in [2.75, 3.05) is 11.9 Å². The van der Waals surface area contributed by atoms with Crippen LogP contribution in [0.3, 0.4) is 0 Å². The fourth-order valence-electron chi connectivity index (χ4n) is 3.54. The van der Waals surface area contributed by atoms with Gasteiger partial charge in [0.05, 0.1) is 6.42 Å². The highest BCUT2D eigenvalue weighted by Crippen LogP contribution is 2.20. The predicted molar refractivity (Wildman–Crippen MR) is 121 cm³/mol. The lowest BCUT2D eigenvalue weighted by atomic mass is 10.0. The van der Waals surface area contributed by atoms with E-state index in [-0.39, 0.29) is 5.91 Å². The first-order valence-electron chi connectivity index (χ1n) is 10.2. The number of aromatic amines is 1. The molecule has 30 heavy (non-hydrogen) atoms. The first-order chi connectivity index (χ1) is 14.7. The van der Waals surface area contributed by atoms with Crippen molar-refractivity contribution in [3.05, 3.63) is 108 Å². The van der Waals surface area contributed by atoms with Gasteiger partial charge in [-0.25, -0.2) is 4.98 Å². The van der Waals surface area contributed by atoms with Crippen LogP contribution in [0.15, 0.2) is 91.3 Å². The van der Waals surface area contributed by atoms with Gasteiger partial charge in [0.15, 0.2) is 0 Å². The van der Waals surface area contributed by atoms with Crippen molar-refractivity contribution in [2.24, 2.45) is 0 Å². The van der Waals surface area contributed by atoms with Crippen molar-refractivity contribution in [3.63, 3.8) is 0 Å². The predicted octanol–water partition coefficient (Wildman–Crippen LogP) is 5.07. The molecule has 1 amide bonds. The Morgan fingerprint density at radius 2 is 1.60 bits per heavy atom. The number of rotatable bonds is 7. The second-order valence-corrected chi connectivity index (χ2v) is 7.42. The number of nitrogens with one attached hydrogen (secondary N) is 1. The molecule has 4 rings (SSSR count). The minimum absolute atomic E-state index is 0.0619. The molecule has 4 aromatic rings. The lowest BCUT2D eigenvalue weighted by Gasteiger charge is -2.18. The number of benzene rings is 3. The molecule has 0 bridgehead atoms. The van der Waals surface area contributed by atoms with Gasteiger partial charge in [-0.1, -0.05) is 60.7 Å². The normalized spacial score (nSPS) is 10.7. The van der Waals surface area contributed by atoms with E-state index in [1.165, 1.54) is 11.1 Å². The molecule has 0 unspecified atom stereocenters. The summed E-state index contributed by atoms with van der Waals surface area (Å²) < 4.78 is 0. The van der Waals surface area contributed by atoms with Crippen LogP contribution in [-0.4, -0.2) is 22.9 Å². The Morgan fingerprint density at radius 3 is 2.40 bits per heavy atom. The van der Waals surface area contributed by atoms with Crippen LogP contribution in [0.25, 0.3) is 11.4 Å². The number of carbonyl (C=O) groups excluding carboxylic acids is 1. The van der Waals surface area contributed by atoms with Crippen LogP contribution >= 0.6 is 0 Å². The van der Waals surface area contributed by atoms with Gasteiger partial charge in [0, 0.05) is 30.7 Å². The zero-order chi connectivity index (χ0) is 20.8. The zero-order valence-corrected chi connectivity index (χ0v) is 17.1. The highest BCUT2D eigenvalue weighted by atomic mass is 16.2. The van der Waals surface area contributed by atoms with E-state index in [9.17, 15) is 4.79 Å². The fourth-order valence-corrected chi connectivity index (χ4v) is 3.54. The fraction of sp³-hybridized carbons (Fsp3) is 0.154. The molecule has 0 radical (unpaired) electrons. The van der Waals surface area contributed by atoms with Gasteiger partial charge in [0.1, 0.15) is 5.82 Å². The Morgan fingerprint density at radius 1 is 0.867 bits per heavy atom. The first-order valence-corrected chi connectivity index (χ1v) is 10.2. The maximum atomic E-state index is 12.9. The molecule has 1 heterocycles. The standard InChI is InChI=1S/C26H25N3O/c1-29(24-12-6-9-21(18-24)14-13-20-7-3-2-4-8-20)25(30)19-22-10-5-11-23(17-22)26-27-15-16-28-26/h2-12,15-18H,13-14,19H2,1H3,(H,27,28). The van der Waals surface area contributed by atoms with Crippen LogP contribution in [0, 0.1) is 0 Å². The third-order valence-electron chi connectivity index (χ3n) is 5.27. The van der Waals surface area contributed by atoms with Crippen LogP contribution < -0.4 is 4.90 Å². The summed E-state index contributed by atoms with van der Waals surface area (Å²) in [7, 11) is 1.84. The van der Waals surface area contributed by atoms with E-state index in [2.05, 4.69) is 46.4 Å². The average Bonchev–Trinajstić information content (AvgIpc) is 3.33. The molecule has 0 atom stereocenters. The number of imidazole rings is 1. The number of amides is 1. The Bertz CT molecular complexity index is 1100. The molecule has 3 aromatic carbocycles. The second kappa shape index (κ2) is 9.23. The van der Waals surface area contributed by atoms with Crippen molar-refractivity contribution in [1.82, 2.24) is 9.97 Å². The minimum atomic E-state index is 0.0619. The maximum Gasteiger partial charge on any atom is 0.231 e. The molecule has 4 nitrogen and oxygen atoms in total. The summed E-state index contributed by atoms with van der Waals surface area (Å²) in [6.45, 7) is 0. The maximum absolute atomic E-state index is 12.9. The van der Waals surface area contributed by atoms with E-state index >= 15 is 0 Å². The summed E-state index contributed by atoms with van der Waals surface area (Å²) in [5, 5.41) is 0. The van der Waals surface area contributed by atoms with Crippen LogP contribution in [0.2, 0.25) is 0 Å². The van der Waals surface area contributed by atoms with Gasteiger partial charge < -0.3 is 9.88 Å². The van der Waals surface area contributed by atoms with Crippen molar-refractivity contribution in [1.29, 1.82) is 0 Å². The largest absolute Gasteiger partial charge is 0.345 e. The van der Waals surface area contributed by atoms with Gasteiger partial charge >= 0.3 is 0 Å². The molecule has 4 heteroatoms.